The van der Waals surface area contributed by atoms with Crippen LogP contribution >= 0.6 is 0 Å². The molecule has 1 N–H and O–H groups in total. The molecule has 2 rings (SSSR count). The highest BCUT2D eigenvalue weighted by Crippen LogP contribution is 2.24. The Balaban J connectivity index is 2.32. The molecule has 0 aliphatic heterocycles. The molecule has 0 saturated carbocycles. The van der Waals surface area contributed by atoms with E-state index in [0.29, 0.717) is 6.42 Å². The first kappa shape index (κ1) is 20.9. The van der Waals surface area contributed by atoms with Crippen LogP contribution in [-0.4, -0.2) is 26.6 Å². The highest BCUT2D eigenvalue weighted by atomic mass is 32.2. The van der Waals surface area contributed by atoms with Crippen molar-refractivity contribution >= 4 is 21.6 Å². The number of carbonyl (C=O) groups excluding carboxylic acids is 1. The van der Waals surface area contributed by atoms with E-state index in [4.69, 9.17) is 0 Å². The molecule has 0 unspecified atom stereocenters. The third-order valence-corrected chi connectivity index (χ3v) is 5.52. The van der Waals surface area contributed by atoms with E-state index in [0.717, 1.165) is 16.1 Å². The summed E-state index contributed by atoms with van der Waals surface area (Å²) >= 11 is 0. The molecule has 146 valence electrons. The Bertz CT molecular complexity index is 855. The molecule has 2 aromatic carbocycles. The summed E-state index contributed by atoms with van der Waals surface area (Å²) in [7, 11) is -3.74. The molecule has 0 fully saturated rings. The number of anilines is 1. The van der Waals surface area contributed by atoms with Crippen LogP contribution in [0.25, 0.3) is 0 Å². The molecule has 0 radical (unpaired) electrons. The number of nitrogens with zero attached hydrogens (tertiary/aromatic N) is 1. The number of hydrogen-bond acceptors (Lipinski definition) is 3. The first-order chi connectivity index (χ1) is 12.8. The van der Waals surface area contributed by atoms with Gasteiger partial charge in [-0.3, -0.25) is 9.10 Å². The average molecular weight is 392 g/mol. The first-order valence-corrected chi connectivity index (χ1v) is 10.7. The van der Waals surface area contributed by atoms with E-state index in [2.05, 4.69) is 5.32 Å². The van der Waals surface area contributed by atoms with Gasteiger partial charge in [-0.05, 0) is 42.7 Å². The predicted octanol–water partition coefficient (Wildman–Crippen LogP) is 3.64. The molecule has 5 nitrogen and oxygen atoms in total. The summed E-state index contributed by atoms with van der Waals surface area (Å²) < 4.78 is 39.1. The van der Waals surface area contributed by atoms with Crippen molar-refractivity contribution in [2.24, 2.45) is 0 Å². The quantitative estimate of drug-likeness (QED) is 0.746. The molecular formula is C20H25FN2O3S. The Hall–Kier alpha value is -2.41. The van der Waals surface area contributed by atoms with Gasteiger partial charge in [-0.25, -0.2) is 12.8 Å². The Morgan fingerprint density at radius 2 is 1.63 bits per heavy atom. The Morgan fingerprint density at radius 1 is 1.04 bits per heavy atom. The minimum Gasteiger partial charge on any atom is -0.347 e. The monoisotopic (exact) mass is 392 g/mol. The van der Waals surface area contributed by atoms with Crippen LogP contribution in [0.4, 0.5) is 10.1 Å². The van der Waals surface area contributed by atoms with E-state index in [1.165, 1.54) is 24.3 Å². The first-order valence-electron chi connectivity index (χ1n) is 8.88. The predicted molar refractivity (Wildman–Crippen MR) is 105 cm³/mol. The molecular weight excluding hydrogens is 367 g/mol. The highest BCUT2D eigenvalue weighted by Gasteiger charge is 2.32. The second kappa shape index (κ2) is 8.99. The molecule has 0 saturated heterocycles. The SMILES string of the molecule is CC[C@@H](NC(=O)[C@H](CC)N(c1ccc(F)cc1)S(C)(=O)=O)c1ccccc1. The zero-order valence-electron chi connectivity index (χ0n) is 15.7. The van der Waals surface area contributed by atoms with E-state index in [1.54, 1.807) is 6.92 Å². The van der Waals surface area contributed by atoms with Crippen molar-refractivity contribution in [2.75, 3.05) is 10.6 Å². The van der Waals surface area contributed by atoms with Gasteiger partial charge >= 0.3 is 0 Å². The maximum atomic E-state index is 13.2. The van der Waals surface area contributed by atoms with Gasteiger partial charge in [-0.1, -0.05) is 44.2 Å². The van der Waals surface area contributed by atoms with Gasteiger partial charge in [0.2, 0.25) is 15.9 Å². The fraction of sp³-hybridized carbons (Fsp3) is 0.350. The van der Waals surface area contributed by atoms with Gasteiger partial charge in [-0.2, -0.15) is 0 Å². The van der Waals surface area contributed by atoms with Crippen molar-refractivity contribution in [1.82, 2.24) is 5.32 Å². The summed E-state index contributed by atoms with van der Waals surface area (Å²) in [5.41, 5.74) is 1.21. The third-order valence-electron chi connectivity index (χ3n) is 4.34. The summed E-state index contributed by atoms with van der Waals surface area (Å²) in [6.45, 7) is 3.70. The van der Waals surface area contributed by atoms with E-state index in [1.807, 2.05) is 37.3 Å². The van der Waals surface area contributed by atoms with Crippen LogP contribution < -0.4 is 9.62 Å². The third kappa shape index (κ3) is 5.29. The zero-order valence-corrected chi connectivity index (χ0v) is 16.5. The molecule has 2 atom stereocenters. The van der Waals surface area contributed by atoms with Crippen LogP contribution in [0.1, 0.15) is 38.3 Å². The van der Waals surface area contributed by atoms with Crippen molar-refractivity contribution in [1.29, 1.82) is 0 Å². The number of hydrogen-bond donors (Lipinski definition) is 1. The molecule has 7 heteroatoms. The van der Waals surface area contributed by atoms with Crippen LogP contribution in [0.5, 0.6) is 0 Å². The number of rotatable bonds is 8. The molecule has 0 aliphatic carbocycles. The average Bonchev–Trinajstić information content (AvgIpc) is 2.64. The lowest BCUT2D eigenvalue weighted by molar-refractivity contribution is -0.123. The molecule has 2 aromatic rings. The highest BCUT2D eigenvalue weighted by molar-refractivity contribution is 7.92. The zero-order chi connectivity index (χ0) is 20.0. The van der Waals surface area contributed by atoms with Crippen LogP contribution in [0, 0.1) is 5.82 Å². The summed E-state index contributed by atoms with van der Waals surface area (Å²) in [5, 5.41) is 2.95. The van der Waals surface area contributed by atoms with Crippen molar-refractivity contribution < 1.29 is 17.6 Å². The second-order valence-electron chi connectivity index (χ2n) is 6.34. The maximum absolute atomic E-state index is 13.2. The molecule has 27 heavy (non-hydrogen) atoms. The fourth-order valence-corrected chi connectivity index (χ4v) is 4.23. The summed E-state index contributed by atoms with van der Waals surface area (Å²) in [6.07, 6.45) is 1.99. The van der Waals surface area contributed by atoms with E-state index >= 15 is 0 Å². The lowest BCUT2D eigenvalue weighted by Crippen LogP contribution is -2.50. The molecule has 0 heterocycles. The topological polar surface area (TPSA) is 66.5 Å². The lowest BCUT2D eigenvalue weighted by atomic mass is 10.0. The molecule has 0 aromatic heterocycles. The Labute approximate surface area is 160 Å². The van der Waals surface area contributed by atoms with Gasteiger partial charge in [-0.15, -0.1) is 0 Å². The second-order valence-corrected chi connectivity index (χ2v) is 8.20. The number of halogens is 1. The Kier molecular flexibility index (Phi) is 6.96. The van der Waals surface area contributed by atoms with E-state index < -0.39 is 21.9 Å². The minimum absolute atomic E-state index is 0.220. The lowest BCUT2D eigenvalue weighted by Gasteiger charge is -2.31. The molecule has 1 amide bonds. The molecule has 0 aliphatic rings. The number of sulfonamides is 1. The van der Waals surface area contributed by atoms with Gasteiger partial charge in [0.1, 0.15) is 11.9 Å². The number of benzene rings is 2. The van der Waals surface area contributed by atoms with E-state index in [9.17, 15) is 17.6 Å². The molecule has 0 spiro atoms. The molecule has 0 bridgehead atoms. The largest absolute Gasteiger partial charge is 0.347 e. The minimum atomic E-state index is -3.74. The van der Waals surface area contributed by atoms with Crippen molar-refractivity contribution in [3.05, 3.63) is 66.0 Å². The van der Waals surface area contributed by atoms with Crippen molar-refractivity contribution in [3.8, 4) is 0 Å². The van der Waals surface area contributed by atoms with Crippen LogP contribution in [-0.2, 0) is 14.8 Å². The van der Waals surface area contributed by atoms with Gasteiger partial charge in [0.25, 0.3) is 0 Å². The summed E-state index contributed by atoms with van der Waals surface area (Å²) in [4.78, 5) is 13.0. The van der Waals surface area contributed by atoms with Crippen molar-refractivity contribution in [3.63, 3.8) is 0 Å². The fourth-order valence-electron chi connectivity index (χ4n) is 3.02. The van der Waals surface area contributed by atoms with Gasteiger partial charge in [0.15, 0.2) is 0 Å². The van der Waals surface area contributed by atoms with Crippen LogP contribution in [0.15, 0.2) is 54.6 Å². The number of amides is 1. The van der Waals surface area contributed by atoms with Crippen molar-refractivity contribution in [2.45, 2.75) is 38.8 Å². The number of carbonyl (C=O) groups is 1. The van der Waals surface area contributed by atoms with Crippen LogP contribution in [0.2, 0.25) is 0 Å². The van der Waals surface area contributed by atoms with Gasteiger partial charge < -0.3 is 5.32 Å². The van der Waals surface area contributed by atoms with Gasteiger partial charge in [0, 0.05) is 0 Å². The summed E-state index contributed by atoms with van der Waals surface area (Å²) in [5.74, 6) is -0.859. The smallest absolute Gasteiger partial charge is 0.244 e. The standard InChI is InChI=1S/C20H25FN2O3S/c1-4-18(15-9-7-6-8-10-15)22-20(24)19(5-2)23(27(3,25)26)17-13-11-16(21)12-14-17/h6-14,18-19H,4-5H2,1-3H3,(H,22,24)/t18-,19+/m1/s1. The van der Waals surface area contributed by atoms with Gasteiger partial charge in [0.05, 0.1) is 18.0 Å². The Morgan fingerprint density at radius 3 is 2.11 bits per heavy atom. The normalized spacial score (nSPS) is 13.6. The van der Waals surface area contributed by atoms with Crippen LogP contribution in [0.3, 0.4) is 0 Å². The van der Waals surface area contributed by atoms with E-state index in [-0.39, 0.29) is 24.1 Å². The maximum Gasteiger partial charge on any atom is 0.244 e. The summed E-state index contributed by atoms with van der Waals surface area (Å²) in [6, 6.07) is 13.5. The number of nitrogens with one attached hydrogen (secondary N) is 1.